The highest BCUT2D eigenvalue weighted by atomic mass is 35.5. The van der Waals surface area contributed by atoms with Gasteiger partial charge in [0.05, 0.1) is 13.7 Å². The van der Waals surface area contributed by atoms with Crippen LogP contribution in [0.4, 0.5) is 0 Å². The maximum Gasteiger partial charge on any atom is 0.238 e. The second-order valence-corrected chi connectivity index (χ2v) is 7.19. The molecule has 0 unspecified atom stereocenters. The first-order valence-electron chi connectivity index (χ1n) is 9.21. The molecule has 0 aliphatic carbocycles. The van der Waals surface area contributed by atoms with Gasteiger partial charge in [-0.15, -0.1) is 12.4 Å². The highest BCUT2D eigenvalue weighted by Gasteiger charge is 2.16. The number of halogens is 1. The number of pyridine rings is 1. The quantitative estimate of drug-likeness (QED) is 0.531. The van der Waals surface area contributed by atoms with Crippen molar-refractivity contribution in [2.45, 2.75) is 40.7 Å². The molecule has 2 heterocycles. The average molecular weight is 389 g/mol. The fraction of sp³-hybridized carbons (Fsp3) is 0.409. The number of methoxy groups -OCH3 is 1. The zero-order valence-electron chi connectivity index (χ0n) is 16.8. The second-order valence-electron chi connectivity index (χ2n) is 7.19. The summed E-state index contributed by atoms with van der Waals surface area (Å²) in [5.74, 6) is 2.21. The molecule has 2 aromatic heterocycles. The Morgan fingerprint density at radius 3 is 2.63 bits per heavy atom. The number of ether oxygens (including phenoxy) is 2. The Bertz CT molecular complexity index is 903. The normalized spacial score (nSPS) is 10.9. The summed E-state index contributed by atoms with van der Waals surface area (Å²) >= 11 is 0. The Kier molecular flexibility index (Phi) is 7.14. The van der Waals surface area contributed by atoms with Gasteiger partial charge in [0.15, 0.2) is 0 Å². The van der Waals surface area contributed by atoms with Crippen molar-refractivity contribution in [3.8, 4) is 11.6 Å². The molecule has 0 aliphatic rings. The minimum Gasteiger partial charge on any atom is -0.497 e. The van der Waals surface area contributed by atoms with Gasteiger partial charge in [0.25, 0.3) is 0 Å². The third-order valence-electron chi connectivity index (χ3n) is 4.92. The van der Waals surface area contributed by atoms with Crippen LogP contribution in [0, 0.1) is 19.8 Å². The highest BCUT2D eigenvalue weighted by molar-refractivity contribution is 5.89. The van der Waals surface area contributed by atoms with Crippen LogP contribution < -0.4 is 9.47 Å². The van der Waals surface area contributed by atoms with E-state index >= 15 is 0 Å². The summed E-state index contributed by atoms with van der Waals surface area (Å²) < 4.78 is 13.7. The molecule has 5 heteroatoms. The summed E-state index contributed by atoms with van der Waals surface area (Å²) in [6, 6.07) is 10.3. The minimum absolute atomic E-state index is 0. The van der Waals surface area contributed by atoms with Gasteiger partial charge >= 0.3 is 0 Å². The number of benzene rings is 1. The van der Waals surface area contributed by atoms with Crippen molar-refractivity contribution >= 4 is 23.3 Å². The first kappa shape index (κ1) is 21.1. The first-order chi connectivity index (χ1) is 12.5. The Hall–Kier alpha value is -2.20. The Labute approximate surface area is 167 Å². The van der Waals surface area contributed by atoms with Gasteiger partial charge in [0.2, 0.25) is 5.88 Å². The van der Waals surface area contributed by atoms with Gasteiger partial charge in [0, 0.05) is 23.8 Å². The van der Waals surface area contributed by atoms with E-state index in [0.29, 0.717) is 12.5 Å². The predicted octanol–water partition coefficient (Wildman–Crippen LogP) is 5.56. The minimum atomic E-state index is 0. The average Bonchev–Trinajstić information content (AvgIpc) is 2.87. The molecule has 0 N–H and O–H groups in total. The molecular formula is C22H29ClN2O2. The molecule has 3 rings (SSSR count). The van der Waals surface area contributed by atoms with E-state index in [-0.39, 0.29) is 12.4 Å². The topological polar surface area (TPSA) is 36.3 Å². The largest absolute Gasteiger partial charge is 0.497 e. The number of aromatic nitrogens is 2. The molecule has 146 valence electrons. The van der Waals surface area contributed by atoms with Crippen LogP contribution in [0.2, 0.25) is 0 Å². The summed E-state index contributed by atoms with van der Waals surface area (Å²) in [5, 5.41) is 1.21. The molecule has 0 spiro atoms. The van der Waals surface area contributed by atoms with E-state index < -0.39 is 0 Å². The van der Waals surface area contributed by atoms with Gasteiger partial charge in [-0.05, 0) is 55.5 Å². The number of fused-ring (bicyclic) bond motifs is 1. The number of rotatable bonds is 7. The molecule has 0 saturated heterocycles. The lowest BCUT2D eigenvalue weighted by Crippen LogP contribution is -2.07. The number of aryl methyl sites for hydroxylation is 1. The van der Waals surface area contributed by atoms with Crippen molar-refractivity contribution in [2.24, 2.45) is 5.92 Å². The molecule has 3 aromatic rings. The van der Waals surface area contributed by atoms with E-state index in [1.54, 1.807) is 7.11 Å². The molecule has 27 heavy (non-hydrogen) atoms. The highest BCUT2D eigenvalue weighted by Crippen LogP contribution is 2.32. The van der Waals surface area contributed by atoms with Crippen molar-refractivity contribution in [1.29, 1.82) is 0 Å². The molecule has 0 aliphatic heterocycles. The van der Waals surface area contributed by atoms with Gasteiger partial charge in [-0.3, -0.25) is 0 Å². The van der Waals surface area contributed by atoms with Crippen LogP contribution in [0.5, 0.6) is 11.6 Å². The predicted molar refractivity (Wildman–Crippen MR) is 114 cm³/mol. The fourth-order valence-electron chi connectivity index (χ4n) is 3.21. The van der Waals surface area contributed by atoms with Crippen LogP contribution in [-0.2, 0) is 6.54 Å². The SMILES string of the molecule is COc1cccc(Cn2c(C)c(C)c3ccnc(OCCC(C)C)c32)c1.Cl. The van der Waals surface area contributed by atoms with Crippen LogP contribution in [0.15, 0.2) is 36.5 Å². The van der Waals surface area contributed by atoms with Gasteiger partial charge in [-0.25, -0.2) is 4.98 Å². The van der Waals surface area contributed by atoms with Gasteiger partial charge in [0.1, 0.15) is 11.3 Å². The number of hydrogen-bond donors (Lipinski definition) is 0. The van der Waals surface area contributed by atoms with Crippen molar-refractivity contribution in [3.63, 3.8) is 0 Å². The van der Waals surface area contributed by atoms with Gasteiger partial charge in [-0.2, -0.15) is 0 Å². The molecule has 0 atom stereocenters. The Morgan fingerprint density at radius 1 is 1.15 bits per heavy atom. The molecule has 0 saturated carbocycles. The van der Waals surface area contributed by atoms with Crippen LogP contribution in [0.25, 0.3) is 10.9 Å². The summed E-state index contributed by atoms with van der Waals surface area (Å²) in [5.41, 5.74) is 4.79. The Morgan fingerprint density at radius 2 is 1.93 bits per heavy atom. The van der Waals surface area contributed by atoms with Crippen LogP contribution in [0.1, 0.15) is 37.1 Å². The van der Waals surface area contributed by atoms with E-state index in [0.717, 1.165) is 30.1 Å². The van der Waals surface area contributed by atoms with Crippen molar-refractivity contribution in [2.75, 3.05) is 13.7 Å². The monoisotopic (exact) mass is 388 g/mol. The van der Waals surface area contributed by atoms with Crippen molar-refractivity contribution in [1.82, 2.24) is 9.55 Å². The van der Waals surface area contributed by atoms with E-state index in [1.807, 2.05) is 18.3 Å². The zero-order chi connectivity index (χ0) is 18.7. The second kappa shape index (κ2) is 9.14. The lowest BCUT2D eigenvalue weighted by Gasteiger charge is -2.13. The van der Waals surface area contributed by atoms with Crippen LogP contribution >= 0.6 is 12.4 Å². The molecule has 0 fully saturated rings. The smallest absolute Gasteiger partial charge is 0.238 e. The van der Waals surface area contributed by atoms with Gasteiger partial charge in [-0.1, -0.05) is 26.0 Å². The molecule has 0 amide bonds. The molecule has 4 nitrogen and oxygen atoms in total. The summed E-state index contributed by atoms with van der Waals surface area (Å²) in [6.45, 7) is 10.2. The molecule has 1 aromatic carbocycles. The molecule has 0 radical (unpaired) electrons. The summed E-state index contributed by atoms with van der Waals surface area (Å²) in [7, 11) is 1.70. The first-order valence-corrected chi connectivity index (χ1v) is 9.21. The fourth-order valence-corrected chi connectivity index (χ4v) is 3.21. The third-order valence-corrected chi connectivity index (χ3v) is 4.92. The number of hydrogen-bond acceptors (Lipinski definition) is 3. The molecule has 0 bridgehead atoms. The van der Waals surface area contributed by atoms with Crippen LogP contribution in [0.3, 0.4) is 0 Å². The lowest BCUT2D eigenvalue weighted by atomic mass is 10.1. The van der Waals surface area contributed by atoms with E-state index in [4.69, 9.17) is 9.47 Å². The Balaban J connectivity index is 0.00000261. The van der Waals surface area contributed by atoms with Crippen molar-refractivity contribution in [3.05, 3.63) is 53.3 Å². The zero-order valence-corrected chi connectivity index (χ0v) is 17.6. The third kappa shape index (κ3) is 4.56. The maximum absolute atomic E-state index is 6.07. The summed E-state index contributed by atoms with van der Waals surface area (Å²) in [4.78, 5) is 4.53. The summed E-state index contributed by atoms with van der Waals surface area (Å²) in [6.07, 6.45) is 2.86. The van der Waals surface area contributed by atoms with Gasteiger partial charge < -0.3 is 14.0 Å². The van der Waals surface area contributed by atoms with Crippen molar-refractivity contribution < 1.29 is 9.47 Å². The standard InChI is InChI=1S/C22H28N2O2.ClH/c1-15(2)10-12-26-22-21-20(9-11-23-22)16(3)17(4)24(21)14-18-7-6-8-19(13-18)25-5;/h6-9,11,13,15H,10,12,14H2,1-5H3;1H. The lowest BCUT2D eigenvalue weighted by molar-refractivity contribution is 0.281. The van der Waals surface area contributed by atoms with Crippen LogP contribution in [-0.4, -0.2) is 23.3 Å². The van der Waals surface area contributed by atoms with E-state index in [2.05, 4.69) is 55.4 Å². The van der Waals surface area contributed by atoms with E-state index in [1.165, 1.54) is 22.2 Å². The maximum atomic E-state index is 6.07. The molecular weight excluding hydrogens is 360 g/mol. The number of nitrogens with zero attached hydrogens (tertiary/aromatic N) is 2. The van der Waals surface area contributed by atoms with E-state index in [9.17, 15) is 0 Å².